The Balaban J connectivity index is 1.71. The summed E-state index contributed by atoms with van der Waals surface area (Å²) < 4.78 is 15.9. The fourth-order valence-corrected chi connectivity index (χ4v) is 2.82. The second-order valence-corrected chi connectivity index (χ2v) is 6.37. The van der Waals surface area contributed by atoms with E-state index in [1.165, 1.54) is 32.6 Å². The van der Waals surface area contributed by atoms with Crippen LogP contribution in [0.15, 0.2) is 58.0 Å². The van der Waals surface area contributed by atoms with Crippen LogP contribution in [-0.2, 0) is 0 Å². The molecule has 0 aliphatic rings. The molecule has 30 heavy (non-hydrogen) atoms. The number of methoxy groups -OCH3 is 2. The van der Waals surface area contributed by atoms with E-state index in [4.69, 9.17) is 25.5 Å². The summed E-state index contributed by atoms with van der Waals surface area (Å²) in [4.78, 5) is 23.6. The highest BCUT2D eigenvalue weighted by Crippen LogP contribution is 2.27. The minimum Gasteiger partial charge on any atom is -0.497 e. The van der Waals surface area contributed by atoms with Gasteiger partial charge in [-0.05, 0) is 42.5 Å². The number of aromatic carboxylic acids is 1. The van der Waals surface area contributed by atoms with Crippen LogP contribution < -0.4 is 14.9 Å². The van der Waals surface area contributed by atoms with Gasteiger partial charge in [-0.1, -0.05) is 11.6 Å². The van der Waals surface area contributed by atoms with Crippen molar-refractivity contribution in [3.8, 4) is 22.8 Å². The molecule has 0 atom stereocenters. The van der Waals surface area contributed by atoms with Crippen LogP contribution in [0.1, 0.15) is 26.5 Å². The summed E-state index contributed by atoms with van der Waals surface area (Å²) in [6.07, 6.45) is 1.32. The van der Waals surface area contributed by atoms with Crippen molar-refractivity contribution in [3.05, 3.63) is 70.4 Å². The molecule has 0 radical (unpaired) electrons. The van der Waals surface area contributed by atoms with Crippen molar-refractivity contribution < 1.29 is 28.6 Å². The predicted octanol–water partition coefficient (Wildman–Crippen LogP) is 4.08. The number of carbonyl (C=O) groups excluding carboxylic acids is 1. The number of ether oxygens (including phenoxy) is 2. The molecule has 154 valence electrons. The third kappa shape index (κ3) is 4.61. The van der Waals surface area contributed by atoms with Crippen LogP contribution in [0.25, 0.3) is 11.3 Å². The summed E-state index contributed by atoms with van der Waals surface area (Å²) in [7, 11) is 2.97. The molecule has 2 aromatic carbocycles. The van der Waals surface area contributed by atoms with Gasteiger partial charge in [0.15, 0.2) is 0 Å². The highest BCUT2D eigenvalue weighted by molar-refractivity contribution is 6.33. The number of benzene rings is 2. The van der Waals surface area contributed by atoms with Crippen LogP contribution in [0, 0.1) is 0 Å². The number of carbonyl (C=O) groups is 2. The molecule has 0 fully saturated rings. The zero-order valence-corrected chi connectivity index (χ0v) is 16.8. The Morgan fingerprint density at radius 1 is 1.07 bits per heavy atom. The van der Waals surface area contributed by atoms with Crippen molar-refractivity contribution in [2.75, 3.05) is 14.2 Å². The second kappa shape index (κ2) is 9.15. The van der Waals surface area contributed by atoms with E-state index in [0.29, 0.717) is 28.6 Å². The van der Waals surface area contributed by atoms with Gasteiger partial charge >= 0.3 is 5.97 Å². The number of furan rings is 1. The maximum absolute atomic E-state index is 12.3. The van der Waals surface area contributed by atoms with Gasteiger partial charge in [0, 0.05) is 11.6 Å². The number of carboxylic acid groups (broad SMARTS) is 1. The summed E-state index contributed by atoms with van der Waals surface area (Å²) >= 11 is 5.88. The summed E-state index contributed by atoms with van der Waals surface area (Å²) in [5.74, 6) is 0.0911. The molecule has 0 saturated heterocycles. The van der Waals surface area contributed by atoms with Gasteiger partial charge in [-0.2, -0.15) is 5.10 Å². The molecular weight excluding hydrogens is 412 g/mol. The smallest absolute Gasteiger partial charge is 0.337 e. The van der Waals surface area contributed by atoms with Gasteiger partial charge in [0.1, 0.15) is 23.0 Å². The minimum absolute atomic E-state index is 0.0264. The predicted molar refractivity (Wildman–Crippen MR) is 111 cm³/mol. The number of hydrazone groups is 1. The highest BCUT2D eigenvalue weighted by Gasteiger charge is 2.14. The Hall–Kier alpha value is -3.78. The number of carboxylic acids is 1. The maximum atomic E-state index is 12.3. The van der Waals surface area contributed by atoms with Crippen LogP contribution in [0.2, 0.25) is 5.02 Å². The average molecular weight is 429 g/mol. The van der Waals surface area contributed by atoms with Crippen molar-refractivity contribution in [1.29, 1.82) is 0 Å². The number of amides is 1. The molecule has 9 heteroatoms. The molecule has 3 rings (SSSR count). The molecule has 0 unspecified atom stereocenters. The molecule has 1 amide bonds. The standard InChI is InChI=1S/C21H17ClN2O6/c1-28-13-4-6-15(19(10-13)29-2)20(25)24-23-11-14-5-8-18(30-14)12-3-7-17(22)16(9-12)21(26)27/h3-11H,1-2H3,(H,24,25)(H,26,27)/b23-11-. The summed E-state index contributed by atoms with van der Waals surface area (Å²) in [6, 6.07) is 12.6. The summed E-state index contributed by atoms with van der Waals surface area (Å²) in [6.45, 7) is 0. The zero-order chi connectivity index (χ0) is 21.7. The lowest BCUT2D eigenvalue weighted by Gasteiger charge is -2.08. The maximum Gasteiger partial charge on any atom is 0.337 e. The Kier molecular flexibility index (Phi) is 6.38. The Morgan fingerprint density at radius 2 is 1.87 bits per heavy atom. The lowest BCUT2D eigenvalue weighted by Crippen LogP contribution is -2.18. The largest absolute Gasteiger partial charge is 0.497 e. The van der Waals surface area contributed by atoms with Gasteiger partial charge < -0.3 is 19.0 Å². The SMILES string of the molecule is COc1ccc(C(=O)N/N=C\c2ccc(-c3ccc(Cl)c(C(=O)O)c3)o2)c(OC)c1. The lowest BCUT2D eigenvalue weighted by molar-refractivity contribution is 0.0697. The second-order valence-electron chi connectivity index (χ2n) is 5.97. The fourth-order valence-electron chi connectivity index (χ4n) is 2.62. The number of nitrogens with one attached hydrogen (secondary N) is 1. The van der Waals surface area contributed by atoms with Crippen molar-refractivity contribution >= 4 is 29.7 Å². The molecule has 1 aromatic heterocycles. The van der Waals surface area contributed by atoms with E-state index in [0.717, 1.165) is 0 Å². The molecule has 0 aliphatic carbocycles. The number of nitrogens with zero attached hydrogens (tertiary/aromatic N) is 1. The zero-order valence-electron chi connectivity index (χ0n) is 16.0. The molecule has 0 saturated carbocycles. The Labute approximate surface area is 176 Å². The van der Waals surface area contributed by atoms with Gasteiger partial charge in [0.05, 0.1) is 36.6 Å². The molecule has 2 N–H and O–H groups in total. The van der Waals surface area contributed by atoms with Crippen LogP contribution in [0.3, 0.4) is 0 Å². The van der Waals surface area contributed by atoms with Gasteiger partial charge in [-0.15, -0.1) is 0 Å². The van der Waals surface area contributed by atoms with E-state index < -0.39 is 11.9 Å². The number of halogens is 1. The quantitative estimate of drug-likeness (QED) is 0.433. The van der Waals surface area contributed by atoms with Gasteiger partial charge in [0.2, 0.25) is 0 Å². The van der Waals surface area contributed by atoms with Gasteiger partial charge in [-0.25, -0.2) is 10.2 Å². The van der Waals surface area contributed by atoms with E-state index in [2.05, 4.69) is 10.5 Å². The lowest BCUT2D eigenvalue weighted by atomic mass is 10.1. The molecule has 0 aliphatic heterocycles. The first-order valence-corrected chi connectivity index (χ1v) is 8.99. The number of rotatable bonds is 7. The molecule has 8 nitrogen and oxygen atoms in total. The van der Waals surface area contributed by atoms with Crippen molar-refractivity contribution in [3.63, 3.8) is 0 Å². The van der Waals surface area contributed by atoms with E-state index in [1.54, 1.807) is 36.4 Å². The normalized spacial score (nSPS) is 10.8. The highest BCUT2D eigenvalue weighted by atomic mass is 35.5. The van der Waals surface area contributed by atoms with E-state index in [9.17, 15) is 14.7 Å². The van der Waals surface area contributed by atoms with Crippen LogP contribution in [0.5, 0.6) is 11.5 Å². The third-order valence-corrected chi connectivity index (χ3v) is 4.45. The third-order valence-electron chi connectivity index (χ3n) is 4.12. The van der Waals surface area contributed by atoms with Crippen molar-refractivity contribution in [2.45, 2.75) is 0 Å². The van der Waals surface area contributed by atoms with Crippen molar-refractivity contribution in [2.24, 2.45) is 5.10 Å². The summed E-state index contributed by atoms with van der Waals surface area (Å²) in [5, 5.41) is 13.2. The fraction of sp³-hybridized carbons (Fsp3) is 0.0952. The molecule has 1 heterocycles. The number of hydrogen-bond donors (Lipinski definition) is 2. The minimum atomic E-state index is -1.13. The van der Waals surface area contributed by atoms with E-state index in [-0.39, 0.29) is 16.1 Å². The average Bonchev–Trinajstić information content (AvgIpc) is 3.22. The van der Waals surface area contributed by atoms with E-state index >= 15 is 0 Å². The van der Waals surface area contributed by atoms with Gasteiger partial charge in [0.25, 0.3) is 5.91 Å². The van der Waals surface area contributed by atoms with Crippen molar-refractivity contribution in [1.82, 2.24) is 5.43 Å². The topological polar surface area (TPSA) is 110 Å². The molecule has 3 aromatic rings. The van der Waals surface area contributed by atoms with E-state index in [1.807, 2.05) is 0 Å². The van der Waals surface area contributed by atoms with Crippen LogP contribution in [-0.4, -0.2) is 37.4 Å². The number of hydrogen-bond acceptors (Lipinski definition) is 6. The first kappa shape index (κ1) is 20.9. The Morgan fingerprint density at radius 3 is 2.57 bits per heavy atom. The van der Waals surface area contributed by atoms with Crippen LogP contribution in [0.4, 0.5) is 0 Å². The summed E-state index contributed by atoms with van der Waals surface area (Å²) in [5.41, 5.74) is 3.20. The first-order chi connectivity index (χ1) is 14.4. The first-order valence-electron chi connectivity index (χ1n) is 8.61. The molecule has 0 bridgehead atoms. The molecular formula is C21H17ClN2O6. The van der Waals surface area contributed by atoms with Crippen LogP contribution >= 0.6 is 11.6 Å². The monoisotopic (exact) mass is 428 g/mol. The van der Waals surface area contributed by atoms with Gasteiger partial charge in [-0.3, -0.25) is 4.79 Å². The molecule has 0 spiro atoms. The Bertz CT molecular complexity index is 1120.